The number of carbonyl (C=O) groups excluding carboxylic acids is 1. The molecule has 1 aromatic heterocycles. The fraction of sp³-hybridized carbons (Fsp3) is 0.167. The predicted octanol–water partition coefficient (Wildman–Crippen LogP) is 2.17. The minimum atomic E-state index is -0.719. The molecule has 0 amide bonds. The molecule has 0 unspecified atom stereocenters. The van der Waals surface area contributed by atoms with E-state index in [4.69, 9.17) is 0 Å². The smallest absolute Gasteiger partial charge is 0.356 e. The van der Waals surface area contributed by atoms with Gasteiger partial charge in [-0.05, 0) is 18.6 Å². The number of hydrogen-bond donors (Lipinski definition) is 1. The van der Waals surface area contributed by atoms with E-state index in [-0.39, 0.29) is 22.3 Å². The third-order valence-electron chi connectivity index (χ3n) is 2.49. The van der Waals surface area contributed by atoms with Gasteiger partial charge < -0.3 is 9.84 Å². The van der Waals surface area contributed by atoms with Gasteiger partial charge in [-0.25, -0.2) is 14.2 Å². The maximum Gasteiger partial charge on any atom is 0.356 e. The van der Waals surface area contributed by atoms with Gasteiger partial charge in [0.15, 0.2) is 11.5 Å². The van der Waals surface area contributed by atoms with Gasteiger partial charge in [-0.15, -0.1) is 0 Å². The minimum absolute atomic E-state index is 0.0367. The van der Waals surface area contributed by atoms with E-state index < -0.39 is 11.8 Å². The molecule has 2 rings (SSSR count). The predicted molar refractivity (Wildman–Crippen MR) is 59.4 cm³/mol. The van der Waals surface area contributed by atoms with Crippen LogP contribution in [0.25, 0.3) is 10.9 Å². The number of hydrogen-bond acceptors (Lipinski definition) is 4. The number of aromatic hydroxyl groups is 1. The highest BCUT2D eigenvalue weighted by atomic mass is 19.1. The van der Waals surface area contributed by atoms with Crippen molar-refractivity contribution < 1.29 is 19.0 Å². The zero-order valence-corrected chi connectivity index (χ0v) is 9.32. The Bertz CT molecular complexity index is 610. The summed E-state index contributed by atoms with van der Waals surface area (Å²) in [7, 11) is 1.19. The highest BCUT2D eigenvalue weighted by Crippen LogP contribution is 2.27. The van der Waals surface area contributed by atoms with E-state index in [0.29, 0.717) is 5.56 Å². The van der Waals surface area contributed by atoms with E-state index in [1.807, 2.05) is 0 Å². The Labute approximate surface area is 96.7 Å². The van der Waals surface area contributed by atoms with Gasteiger partial charge in [-0.3, -0.25) is 0 Å². The molecule has 2 aromatic rings. The van der Waals surface area contributed by atoms with Gasteiger partial charge in [0.1, 0.15) is 11.3 Å². The molecular formula is C12H10FNO3. The van der Waals surface area contributed by atoms with Crippen molar-refractivity contribution in [3.8, 4) is 5.75 Å². The number of esters is 1. The van der Waals surface area contributed by atoms with Crippen LogP contribution < -0.4 is 0 Å². The van der Waals surface area contributed by atoms with E-state index in [9.17, 15) is 14.3 Å². The molecule has 0 aliphatic rings. The molecule has 0 fully saturated rings. The van der Waals surface area contributed by atoms with E-state index in [2.05, 4.69) is 9.72 Å². The topological polar surface area (TPSA) is 59.4 Å². The average molecular weight is 235 g/mol. The molecule has 1 heterocycles. The van der Waals surface area contributed by atoms with Crippen LogP contribution in [0.3, 0.4) is 0 Å². The van der Waals surface area contributed by atoms with Crippen LogP contribution in [-0.4, -0.2) is 23.2 Å². The summed E-state index contributed by atoms with van der Waals surface area (Å²) in [4.78, 5) is 15.1. The molecule has 0 atom stereocenters. The van der Waals surface area contributed by atoms with Gasteiger partial charge >= 0.3 is 5.97 Å². The SMILES string of the molecule is COC(=O)c1cc(O)c2ccc(C)c(F)c2n1. The van der Waals surface area contributed by atoms with E-state index in [1.165, 1.54) is 13.2 Å². The molecule has 88 valence electrons. The summed E-state index contributed by atoms with van der Waals surface area (Å²) in [6, 6.07) is 4.25. The standard InChI is InChI=1S/C12H10FNO3/c1-6-3-4-7-9(15)5-8(12(16)17-2)14-11(7)10(6)13/h3-5H,1-2H3,(H,14,15). The number of pyridine rings is 1. The average Bonchev–Trinajstić information content (AvgIpc) is 2.33. The Morgan fingerprint density at radius 1 is 1.47 bits per heavy atom. The Balaban J connectivity index is 2.79. The van der Waals surface area contributed by atoms with E-state index in [1.54, 1.807) is 13.0 Å². The molecule has 0 radical (unpaired) electrons. The second-order valence-electron chi connectivity index (χ2n) is 3.61. The molecule has 17 heavy (non-hydrogen) atoms. The lowest BCUT2D eigenvalue weighted by Crippen LogP contribution is -2.05. The van der Waals surface area contributed by atoms with Crippen LogP contribution in [0, 0.1) is 12.7 Å². The molecule has 0 saturated carbocycles. The van der Waals surface area contributed by atoms with Crippen LogP contribution in [0.15, 0.2) is 18.2 Å². The Kier molecular flexibility index (Phi) is 2.67. The molecule has 0 spiro atoms. The second kappa shape index (κ2) is 4.01. The first-order chi connectivity index (χ1) is 8.04. The Morgan fingerprint density at radius 2 is 2.18 bits per heavy atom. The first-order valence-electron chi connectivity index (χ1n) is 4.91. The maximum absolute atomic E-state index is 13.8. The summed E-state index contributed by atoms with van der Waals surface area (Å²) in [5.74, 6) is -1.47. The number of aromatic nitrogens is 1. The Hall–Kier alpha value is -2.17. The van der Waals surface area contributed by atoms with Gasteiger partial charge in [0, 0.05) is 11.5 Å². The van der Waals surface area contributed by atoms with Gasteiger partial charge in [0.2, 0.25) is 0 Å². The van der Waals surface area contributed by atoms with Crippen molar-refractivity contribution in [1.29, 1.82) is 0 Å². The van der Waals surface area contributed by atoms with Crippen molar-refractivity contribution in [2.45, 2.75) is 6.92 Å². The number of halogens is 1. The molecule has 4 nitrogen and oxygen atoms in total. The molecule has 0 aliphatic carbocycles. The molecule has 0 saturated heterocycles. The van der Waals surface area contributed by atoms with Crippen molar-refractivity contribution in [2.75, 3.05) is 7.11 Å². The van der Waals surface area contributed by atoms with Crippen LogP contribution in [0.5, 0.6) is 5.75 Å². The van der Waals surface area contributed by atoms with Crippen LogP contribution in [0.4, 0.5) is 4.39 Å². The lowest BCUT2D eigenvalue weighted by atomic mass is 10.1. The number of benzene rings is 1. The molecule has 0 bridgehead atoms. The number of rotatable bonds is 1. The van der Waals surface area contributed by atoms with Gasteiger partial charge in [-0.2, -0.15) is 0 Å². The zero-order valence-electron chi connectivity index (χ0n) is 9.32. The van der Waals surface area contributed by atoms with Gasteiger partial charge in [0.05, 0.1) is 7.11 Å². The quantitative estimate of drug-likeness (QED) is 0.769. The molecule has 5 heteroatoms. The fourth-order valence-electron chi connectivity index (χ4n) is 1.55. The van der Waals surface area contributed by atoms with Crippen molar-refractivity contribution in [3.05, 3.63) is 35.3 Å². The highest BCUT2D eigenvalue weighted by molar-refractivity contribution is 5.94. The number of ether oxygens (including phenoxy) is 1. The monoisotopic (exact) mass is 235 g/mol. The first kappa shape index (κ1) is 11.3. The van der Waals surface area contributed by atoms with Crippen molar-refractivity contribution in [2.24, 2.45) is 0 Å². The molecular weight excluding hydrogens is 225 g/mol. The summed E-state index contributed by atoms with van der Waals surface area (Å²) in [6.45, 7) is 1.58. The number of nitrogens with zero attached hydrogens (tertiary/aromatic N) is 1. The van der Waals surface area contributed by atoms with Crippen LogP contribution >= 0.6 is 0 Å². The third kappa shape index (κ3) is 1.80. The molecule has 1 N–H and O–H groups in total. The number of fused-ring (bicyclic) bond motifs is 1. The van der Waals surface area contributed by atoms with Crippen molar-refractivity contribution >= 4 is 16.9 Å². The summed E-state index contributed by atoms with van der Waals surface area (Å²) in [6.07, 6.45) is 0. The van der Waals surface area contributed by atoms with Crippen molar-refractivity contribution in [1.82, 2.24) is 4.98 Å². The van der Waals surface area contributed by atoms with Crippen LogP contribution in [-0.2, 0) is 4.74 Å². The molecule has 1 aromatic carbocycles. The zero-order chi connectivity index (χ0) is 12.6. The first-order valence-corrected chi connectivity index (χ1v) is 4.91. The van der Waals surface area contributed by atoms with Gasteiger partial charge in [0.25, 0.3) is 0 Å². The largest absolute Gasteiger partial charge is 0.507 e. The molecule has 0 aliphatic heterocycles. The maximum atomic E-state index is 13.8. The van der Waals surface area contributed by atoms with E-state index >= 15 is 0 Å². The fourth-order valence-corrected chi connectivity index (χ4v) is 1.55. The lowest BCUT2D eigenvalue weighted by molar-refractivity contribution is 0.0594. The summed E-state index contributed by atoms with van der Waals surface area (Å²) in [5, 5.41) is 9.96. The Morgan fingerprint density at radius 3 is 2.82 bits per heavy atom. The van der Waals surface area contributed by atoms with Gasteiger partial charge in [-0.1, -0.05) is 6.07 Å². The lowest BCUT2D eigenvalue weighted by Gasteiger charge is -2.06. The minimum Gasteiger partial charge on any atom is -0.507 e. The van der Waals surface area contributed by atoms with Crippen LogP contribution in [0.2, 0.25) is 0 Å². The van der Waals surface area contributed by atoms with E-state index in [0.717, 1.165) is 6.07 Å². The normalized spacial score (nSPS) is 10.5. The second-order valence-corrected chi connectivity index (χ2v) is 3.61. The number of aryl methyl sites for hydroxylation is 1. The highest BCUT2D eigenvalue weighted by Gasteiger charge is 2.15. The summed E-state index contributed by atoms with van der Waals surface area (Å²) < 4.78 is 18.3. The number of methoxy groups -OCH3 is 1. The summed E-state index contributed by atoms with van der Waals surface area (Å²) in [5.41, 5.74) is 0.235. The van der Waals surface area contributed by atoms with Crippen molar-refractivity contribution in [3.63, 3.8) is 0 Å². The third-order valence-corrected chi connectivity index (χ3v) is 2.49. The summed E-state index contributed by atoms with van der Waals surface area (Å²) >= 11 is 0. The number of carbonyl (C=O) groups is 1. The van der Waals surface area contributed by atoms with Crippen LogP contribution in [0.1, 0.15) is 16.1 Å².